The first-order chi connectivity index (χ1) is 9.08. The van der Waals surface area contributed by atoms with Gasteiger partial charge in [0.15, 0.2) is 0 Å². The van der Waals surface area contributed by atoms with Crippen molar-refractivity contribution < 1.29 is 4.74 Å². The molecule has 2 rings (SSSR count). The van der Waals surface area contributed by atoms with Crippen molar-refractivity contribution in [2.75, 3.05) is 19.0 Å². The summed E-state index contributed by atoms with van der Waals surface area (Å²) in [5.74, 6) is 2.09. The predicted molar refractivity (Wildman–Crippen MR) is 81.6 cm³/mol. The molecule has 0 aliphatic carbocycles. The number of halogens is 1. The summed E-state index contributed by atoms with van der Waals surface area (Å²) in [6.07, 6.45) is 0. The summed E-state index contributed by atoms with van der Waals surface area (Å²) in [5, 5.41) is 4.91. The molecular weight excluding hydrogens is 260 g/mol. The maximum Gasteiger partial charge on any atom is 0.130 e. The molecule has 0 spiro atoms. The van der Waals surface area contributed by atoms with Gasteiger partial charge in [-0.15, -0.1) is 0 Å². The summed E-state index contributed by atoms with van der Waals surface area (Å²) in [4.78, 5) is 4.67. The number of ether oxygens (including phenoxy) is 1. The normalized spacial score (nSPS) is 11.1. The third kappa shape index (κ3) is 2.61. The van der Waals surface area contributed by atoms with Crippen molar-refractivity contribution in [3.63, 3.8) is 0 Å². The summed E-state index contributed by atoms with van der Waals surface area (Å²) < 4.78 is 5.40. The third-order valence-electron chi connectivity index (χ3n) is 3.11. The van der Waals surface area contributed by atoms with E-state index in [1.165, 1.54) is 5.56 Å². The summed E-state index contributed by atoms with van der Waals surface area (Å²) in [5.41, 5.74) is 1.95. The van der Waals surface area contributed by atoms with Crippen LogP contribution in [0.25, 0.3) is 10.9 Å². The van der Waals surface area contributed by atoms with E-state index in [9.17, 15) is 0 Å². The van der Waals surface area contributed by atoms with E-state index in [0.29, 0.717) is 10.9 Å². The Hall–Kier alpha value is -1.48. The number of hydrogen-bond acceptors (Lipinski definition) is 3. The van der Waals surface area contributed by atoms with Crippen LogP contribution in [0.15, 0.2) is 18.2 Å². The van der Waals surface area contributed by atoms with Crippen LogP contribution in [0, 0.1) is 0 Å². The second kappa shape index (κ2) is 5.66. The number of hydrogen-bond donors (Lipinski definition) is 1. The predicted octanol–water partition coefficient (Wildman–Crippen LogP) is 4.45. The highest BCUT2D eigenvalue weighted by atomic mass is 35.5. The van der Waals surface area contributed by atoms with Gasteiger partial charge >= 0.3 is 0 Å². The van der Waals surface area contributed by atoms with Crippen LogP contribution in [-0.2, 0) is 0 Å². The first-order valence-electron chi connectivity index (χ1n) is 6.49. The van der Waals surface area contributed by atoms with Crippen molar-refractivity contribution >= 4 is 28.3 Å². The van der Waals surface area contributed by atoms with Crippen molar-refractivity contribution in [2.24, 2.45) is 0 Å². The zero-order valence-corrected chi connectivity index (χ0v) is 12.5. The molecule has 19 heavy (non-hydrogen) atoms. The Bertz CT molecular complexity index is 596. The fourth-order valence-corrected chi connectivity index (χ4v) is 2.35. The Kier molecular flexibility index (Phi) is 4.15. The lowest BCUT2D eigenvalue weighted by atomic mass is 10.0. The number of anilines is 1. The Morgan fingerprint density at radius 3 is 2.68 bits per heavy atom. The topological polar surface area (TPSA) is 34.2 Å². The molecule has 4 heteroatoms. The molecular formula is C15H19ClN2O. The average Bonchev–Trinajstić information content (AvgIpc) is 2.39. The van der Waals surface area contributed by atoms with Crippen LogP contribution in [-0.4, -0.2) is 18.6 Å². The summed E-state index contributed by atoms with van der Waals surface area (Å²) in [6, 6.07) is 5.82. The number of benzene rings is 1. The summed E-state index contributed by atoms with van der Waals surface area (Å²) >= 11 is 6.24. The number of nitrogens with zero attached hydrogens (tertiary/aromatic N) is 1. The second-order valence-electron chi connectivity index (χ2n) is 4.76. The smallest absolute Gasteiger partial charge is 0.130 e. The van der Waals surface area contributed by atoms with E-state index >= 15 is 0 Å². The quantitative estimate of drug-likeness (QED) is 0.897. The van der Waals surface area contributed by atoms with Crippen molar-refractivity contribution in [1.82, 2.24) is 4.98 Å². The molecule has 1 N–H and O–H groups in total. The first kappa shape index (κ1) is 13.9. The lowest BCUT2D eigenvalue weighted by molar-refractivity contribution is 0.419. The van der Waals surface area contributed by atoms with E-state index in [0.717, 1.165) is 29.0 Å². The third-order valence-corrected chi connectivity index (χ3v) is 3.42. The van der Waals surface area contributed by atoms with Crippen molar-refractivity contribution in [3.05, 3.63) is 28.8 Å². The lowest BCUT2D eigenvalue weighted by Crippen LogP contribution is -2.05. The standard InChI is InChI=1S/C15H19ClN2O/c1-5-17-15-10(9(2)3)8-11-13(19-4)7-6-12(16)14(11)18-15/h6-9H,5H2,1-4H3,(H,17,18). The molecule has 102 valence electrons. The van der Waals surface area contributed by atoms with E-state index in [1.807, 2.05) is 12.1 Å². The van der Waals surface area contributed by atoms with Gasteiger partial charge in [-0.1, -0.05) is 25.4 Å². The molecule has 1 aromatic carbocycles. The van der Waals surface area contributed by atoms with E-state index in [2.05, 4.69) is 37.1 Å². The number of aromatic nitrogens is 1. The Morgan fingerprint density at radius 1 is 1.37 bits per heavy atom. The van der Waals surface area contributed by atoms with Gasteiger partial charge in [-0.2, -0.15) is 0 Å². The highest BCUT2D eigenvalue weighted by molar-refractivity contribution is 6.35. The zero-order valence-electron chi connectivity index (χ0n) is 11.7. The maximum atomic E-state index is 6.24. The number of fused-ring (bicyclic) bond motifs is 1. The fraction of sp³-hybridized carbons (Fsp3) is 0.400. The van der Waals surface area contributed by atoms with E-state index in [4.69, 9.17) is 16.3 Å². The van der Waals surface area contributed by atoms with E-state index in [-0.39, 0.29) is 0 Å². The largest absolute Gasteiger partial charge is 0.496 e. The molecule has 0 aliphatic rings. The molecule has 1 aromatic heterocycles. The van der Waals surface area contributed by atoms with Gasteiger partial charge in [-0.3, -0.25) is 0 Å². The van der Waals surface area contributed by atoms with E-state index in [1.54, 1.807) is 7.11 Å². The molecule has 3 nitrogen and oxygen atoms in total. The van der Waals surface area contributed by atoms with Crippen molar-refractivity contribution in [3.8, 4) is 5.75 Å². The van der Waals surface area contributed by atoms with Crippen LogP contribution in [0.1, 0.15) is 32.3 Å². The Balaban J connectivity index is 2.76. The molecule has 0 bridgehead atoms. The van der Waals surface area contributed by atoms with Crippen LogP contribution >= 0.6 is 11.6 Å². The molecule has 0 fully saturated rings. The van der Waals surface area contributed by atoms with Gasteiger partial charge in [0.1, 0.15) is 11.6 Å². The molecule has 0 radical (unpaired) electrons. The fourth-order valence-electron chi connectivity index (χ4n) is 2.14. The van der Waals surface area contributed by atoms with Crippen molar-refractivity contribution in [2.45, 2.75) is 26.7 Å². The van der Waals surface area contributed by atoms with Crippen LogP contribution in [0.5, 0.6) is 5.75 Å². The minimum Gasteiger partial charge on any atom is -0.496 e. The molecule has 0 amide bonds. The average molecular weight is 279 g/mol. The van der Waals surface area contributed by atoms with Gasteiger partial charge in [0.05, 0.1) is 17.6 Å². The molecule has 0 saturated carbocycles. The lowest BCUT2D eigenvalue weighted by Gasteiger charge is -2.16. The van der Waals surface area contributed by atoms with Gasteiger partial charge < -0.3 is 10.1 Å². The first-order valence-corrected chi connectivity index (χ1v) is 6.87. The minimum absolute atomic E-state index is 0.384. The Morgan fingerprint density at radius 2 is 2.11 bits per heavy atom. The number of rotatable bonds is 4. The van der Waals surface area contributed by atoms with Gasteiger partial charge in [-0.05, 0) is 36.6 Å². The molecule has 0 atom stereocenters. The molecule has 1 heterocycles. The molecule has 0 saturated heterocycles. The minimum atomic E-state index is 0.384. The van der Waals surface area contributed by atoms with Crippen LogP contribution in [0.3, 0.4) is 0 Å². The van der Waals surface area contributed by atoms with Crippen molar-refractivity contribution in [1.29, 1.82) is 0 Å². The van der Waals surface area contributed by atoms with Crippen LogP contribution in [0.2, 0.25) is 5.02 Å². The summed E-state index contributed by atoms with van der Waals surface area (Å²) in [7, 11) is 1.66. The van der Waals surface area contributed by atoms with Gasteiger partial charge in [-0.25, -0.2) is 4.98 Å². The highest BCUT2D eigenvalue weighted by Crippen LogP contribution is 2.35. The van der Waals surface area contributed by atoms with Crippen LogP contribution < -0.4 is 10.1 Å². The highest BCUT2D eigenvalue weighted by Gasteiger charge is 2.14. The van der Waals surface area contributed by atoms with E-state index < -0.39 is 0 Å². The number of pyridine rings is 1. The van der Waals surface area contributed by atoms with Gasteiger partial charge in [0.25, 0.3) is 0 Å². The van der Waals surface area contributed by atoms with Gasteiger partial charge in [0, 0.05) is 11.9 Å². The number of methoxy groups -OCH3 is 1. The second-order valence-corrected chi connectivity index (χ2v) is 5.16. The van der Waals surface area contributed by atoms with Gasteiger partial charge in [0.2, 0.25) is 0 Å². The maximum absolute atomic E-state index is 6.24. The SMILES string of the molecule is CCNc1nc2c(Cl)ccc(OC)c2cc1C(C)C. The number of nitrogens with one attached hydrogen (secondary N) is 1. The molecule has 0 aliphatic heterocycles. The zero-order chi connectivity index (χ0) is 14.0. The molecule has 0 unspecified atom stereocenters. The molecule has 2 aromatic rings. The Labute approximate surface area is 118 Å². The summed E-state index contributed by atoms with van der Waals surface area (Å²) in [6.45, 7) is 7.20. The van der Waals surface area contributed by atoms with Crippen LogP contribution in [0.4, 0.5) is 5.82 Å². The monoisotopic (exact) mass is 278 g/mol.